The summed E-state index contributed by atoms with van der Waals surface area (Å²) >= 11 is 3.31. The van der Waals surface area contributed by atoms with Gasteiger partial charge >= 0.3 is 5.97 Å². The van der Waals surface area contributed by atoms with Crippen molar-refractivity contribution in [3.05, 3.63) is 0 Å². The molecule has 1 fully saturated rings. The number of hydrogen-bond acceptors (Lipinski definition) is 2. The Morgan fingerprint density at radius 2 is 2.36 bits per heavy atom. The highest BCUT2D eigenvalue weighted by Gasteiger charge is 2.40. The van der Waals surface area contributed by atoms with Crippen molar-refractivity contribution in [2.75, 3.05) is 5.33 Å². The average Bonchev–Trinajstić information content (AvgIpc) is 2.00. The van der Waals surface area contributed by atoms with Crippen molar-refractivity contribution in [1.29, 1.82) is 0 Å². The van der Waals surface area contributed by atoms with Crippen LogP contribution < -0.4 is 0 Å². The number of halogens is 1. The van der Waals surface area contributed by atoms with Crippen molar-refractivity contribution in [3.8, 4) is 0 Å². The van der Waals surface area contributed by atoms with Crippen LogP contribution in [0.1, 0.15) is 26.2 Å². The van der Waals surface area contributed by atoms with Gasteiger partial charge in [-0.15, -0.1) is 0 Å². The van der Waals surface area contributed by atoms with Gasteiger partial charge in [-0.2, -0.15) is 0 Å². The van der Waals surface area contributed by atoms with E-state index in [0.717, 1.165) is 24.6 Å². The largest absolute Gasteiger partial charge is 0.460 e. The van der Waals surface area contributed by atoms with Crippen LogP contribution in [0.25, 0.3) is 0 Å². The van der Waals surface area contributed by atoms with E-state index in [1.807, 2.05) is 0 Å². The standard InChI is InChI=1S/C8H13BrO2/c1-2-3-4-6-7(5-9)11-8(6)10/h6-7H,2-5H2,1H3/t6-,7+/m0/s1. The molecule has 0 aromatic rings. The Hall–Kier alpha value is -0.0500. The summed E-state index contributed by atoms with van der Waals surface area (Å²) in [6, 6.07) is 0. The molecule has 0 unspecified atom stereocenters. The third-order valence-electron chi connectivity index (χ3n) is 2.04. The van der Waals surface area contributed by atoms with Gasteiger partial charge in [0, 0.05) is 5.33 Å². The third-order valence-corrected chi connectivity index (χ3v) is 2.68. The molecule has 1 heterocycles. The Bertz CT molecular complexity index is 147. The lowest BCUT2D eigenvalue weighted by atomic mass is 9.92. The van der Waals surface area contributed by atoms with Gasteiger partial charge in [0.2, 0.25) is 0 Å². The van der Waals surface area contributed by atoms with Gasteiger partial charge in [0.05, 0.1) is 5.92 Å². The van der Waals surface area contributed by atoms with Crippen LogP contribution in [0, 0.1) is 5.92 Å². The molecule has 0 spiro atoms. The highest BCUT2D eigenvalue weighted by Crippen LogP contribution is 2.28. The van der Waals surface area contributed by atoms with Gasteiger partial charge in [-0.3, -0.25) is 4.79 Å². The zero-order valence-corrected chi connectivity index (χ0v) is 8.26. The molecule has 1 rings (SSSR count). The quantitative estimate of drug-likeness (QED) is 0.536. The summed E-state index contributed by atoms with van der Waals surface area (Å²) in [5.74, 6) is 0.164. The Morgan fingerprint density at radius 1 is 1.64 bits per heavy atom. The summed E-state index contributed by atoms with van der Waals surface area (Å²) in [6.45, 7) is 2.13. The molecule has 0 N–H and O–H groups in total. The molecule has 0 bridgehead atoms. The van der Waals surface area contributed by atoms with Crippen LogP contribution in [0.2, 0.25) is 0 Å². The Labute approximate surface area is 75.4 Å². The van der Waals surface area contributed by atoms with Crippen LogP contribution in [0.3, 0.4) is 0 Å². The number of alkyl halides is 1. The van der Waals surface area contributed by atoms with Gasteiger partial charge in [-0.05, 0) is 6.42 Å². The first kappa shape index (κ1) is 9.04. The Morgan fingerprint density at radius 3 is 2.82 bits per heavy atom. The van der Waals surface area contributed by atoms with E-state index >= 15 is 0 Å². The van der Waals surface area contributed by atoms with Crippen LogP contribution in [0.15, 0.2) is 0 Å². The molecule has 1 saturated heterocycles. The molecule has 1 aliphatic rings. The second kappa shape index (κ2) is 4.10. The fourth-order valence-corrected chi connectivity index (χ4v) is 1.85. The molecule has 0 radical (unpaired) electrons. The molecule has 3 heteroatoms. The van der Waals surface area contributed by atoms with Gasteiger partial charge in [-0.1, -0.05) is 35.7 Å². The van der Waals surface area contributed by atoms with Crippen molar-refractivity contribution >= 4 is 21.9 Å². The molecule has 2 atom stereocenters. The summed E-state index contributed by atoms with van der Waals surface area (Å²) in [7, 11) is 0. The molecule has 0 aromatic carbocycles. The van der Waals surface area contributed by atoms with E-state index in [2.05, 4.69) is 22.9 Å². The smallest absolute Gasteiger partial charge is 0.313 e. The van der Waals surface area contributed by atoms with E-state index in [0.29, 0.717) is 0 Å². The zero-order valence-electron chi connectivity index (χ0n) is 6.68. The highest BCUT2D eigenvalue weighted by atomic mass is 79.9. The Balaban J connectivity index is 2.24. The lowest BCUT2D eigenvalue weighted by molar-refractivity contribution is -0.181. The second-order valence-electron chi connectivity index (χ2n) is 2.88. The van der Waals surface area contributed by atoms with Gasteiger partial charge in [0.15, 0.2) is 0 Å². The van der Waals surface area contributed by atoms with Crippen LogP contribution in [-0.4, -0.2) is 17.4 Å². The normalized spacial score (nSPS) is 29.5. The Kier molecular flexibility index (Phi) is 3.37. The average molecular weight is 221 g/mol. The number of hydrogen-bond donors (Lipinski definition) is 0. The molecule has 1 aliphatic heterocycles. The predicted molar refractivity (Wildman–Crippen MR) is 46.7 cm³/mol. The SMILES string of the molecule is CCCC[C@@H]1C(=O)O[C@@H]1CBr. The fraction of sp³-hybridized carbons (Fsp3) is 0.875. The molecular formula is C8H13BrO2. The summed E-state index contributed by atoms with van der Waals surface area (Å²) in [5, 5.41) is 0.785. The molecule has 11 heavy (non-hydrogen) atoms. The summed E-state index contributed by atoms with van der Waals surface area (Å²) in [4.78, 5) is 10.9. The first-order valence-corrected chi connectivity index (χ1v) is 5.18. The summed E-state index contributed by atoms with van der Waals surface area (Å²) in [6.07, 6.45) is 3.42. The van der Waals surface area contributed by atoms with E-state index < -0.39 is 0 Å². The number of esters is 1. The fourth-order valence-electron chi connectivity index (χ4n) is 1.26. The van der Waals surface area contributed by atoms with E-state index in [4.69, 9.17) is 4.74 Å². The van der Waals surface area contributed by atoms with Crippen LogP contribution in [0.4, 0.5) is 0 Å². The predicted octanol–water partition coefficient (Wildman–Crippen LogP) is 2.11. The molecule has 64 valence electrons. The van der Waals surface area contributed by atoms with E-state index in [1.165, 1.54) is 0 Å². The minimum Gasteiger partial charge on any atom is -0.460 e. The molecule has 0 amide bonds. The maximum absolute atomic E-state index is 10.9. The number of cyclic esters (lactones) is 1. The molecule has 0 aliphatic carbocycles. The van der Waals surface area contributed by atoms with Crippen LogP contribution in [0.5, 0.6) is 0 Å². The first-order valence-electron chi connectivity index (χ1n) is 4.06. The number of unbranched alkanes of at least 4 members (excludes halogenated alkanes) is 1. The molecule has 0 aromatic heterocycles. The number of carbonyl (C=O) groups is 1. The van der Waals surface area contributed by atoms with Gasteiger partial charge in [-0.25, -0.2) is 0 Å². The molecule has 2 nitrogen and oxygen atoms in total. The number of rotatable bonds is 4. The summed E-state index contributed by atoms with van der Waals surface area (Å²) < 4.78 is 4.91. The summed E-state index contributed by atoms with van der Waals surface area (Å²) in [5.41, 5.74) is 0. The van der Waals surface area contributed by atoms with Crippen LogP contribution >= 0.6 is 15.9 Å². The lowest BCUT2D eigenvalue weighted by Crippen LogP contribution is -2.46. The molecular weight excluding hydrogens is 208 g/mol. The van der Waals surface area contributed by atoms with Crippen molar-refractivity contribution in [2.24, 2.45) is 5.92 Å². The minimum atomic E-state index is -0.0112. The zero-order chi connectivity index (χ0) is 8.27. The van der Waals surface area contributed by atoms with Gasteiger partial charge in [0.1, 0.15) is 6.10 Å². The van der Waals surface area contributed by atoms with Crippen molar-refractivity contribution in [3.63, 3.8) is 0 Å². The number of carbonyl (C=O) groups excluding carboxylic acids is 1. The van der Waals surface area contributed by atoms with Gasteiger partial charge in [0.25, 0.3) is 0 Å². The van der Waals surface area contributed by atoms with Gasteiger partial charge < -0.3 is 4.74 Å². The van der Waals surface area contributed by atoms with E-state index in [-0.39, 0.29) is 18.0 Å². The lowest BCUT2D eigenvalue weighted by Gasteiger charge is -2.33. The van der Waals surface area contributed by atoms with E-state index in [9.17, 15) is 4.79 Å². The highest BCUT2D eigenvalue weighted by molar-refractivity contribution is 9.09. The van der Waals surface area contributed by atoms with Crippen molar-refractivity contribution in [1.82, 2.24) is 0 Å². The van der Waals surface area contributed by atoms with E-state index in [1.54, 1.807) is 0 Å². The monoisotopic (exact) mass is 220 g/mol. The number of ether oxygens (including phenoxy) is 1. The van der Waals surface area contributed by atoms with Crippen molar-refractivity contribution < 1.29 is 9.53 Å². The first-order chi connectivity index (χ1) is 5.29. The minimum absolute atomic E-state index is 0.0112. The topological polar surface area (TPSA) is 26.3 Å². The second-order valence-corrected chi connectivity index (χ2v) is 3.53. The third kappa shape index (κ3) is 1.95. The van der Waals surface area contributed by atoms with Crippen molar-refractivity contribution in [2.45, 2.75) is 32.3 Å². The van der Waals surface area contributed by atoms with Crippen LogP contribution in [-0.2, 0) is 9.53 Å². The molecule has 0 saturated carbocycles. The maximum Gasteiger partial charge on any atom is 0.313 e. The maximum atomic E-state index is 10.9.